The van der Waals surface area contributed by atoms with E-state index in [2.05, 4.69) is 61.7 Å². The van der Waals surface area contributed by atoms with E-state index in [1.165, 1.54) is 75.3 Å². The fraction of sp³-hybridized carbons (Fsp3) is 0.429. The van der Waals surface area contributed by atoms with Gasteiger partial charge in [0.15, 0.2) is 0 Å². The van der Waals surface area contributed by atoms with Gasteiger partial charge in [0.1, 0.15) is 5.82 Å². The molecule has 0 unspecified atom stereocenters. The minimum absolute atomic E-state index is 0.205. The summed E-state index contributed by atoms with van der Waals surface area (Å²) in [6.45, 7) is 6.10. The van der Waals surface area contributed by atoms with Crippen molar-refractivity contribution in [3.05, 3.63) is 95.3 Å². The van der Waals surface area contributed by atoms with E-state index < -0.39 is 0 Å². The zero-order valence-corrected chi connectivity index (χ0v) is 22.0. The molecule has 4 rings (SSSR count). The number of aryl methyl sites for hydroxylation is 1. The number of unbranched alkanes of at least 4 members (excludes halogenated alkanes) is 4. The second-order valence-electron chi connectivity index (χ2n) is 10.6. The number of benzene rings is 3. The quantitative estimate of drug-likeness (QED) is 0.154. The van der Waals surface area contributed by atoms with Crippen molar-refractivity contribution in [1.82, 2.24) is 0 Å². The highest BCUT2D eigenvalue weighted by atomic mass is 19.1. The first-order valence-corrected chi connectivity index (χ1v) is 14.1. The van der Waals surface area contributed by atoms with Gasteiger partial charge in [0.2, 0.25) is 0 Å². The molecular formula is C35H41F. The molecule has 3 aromatic rings. The SMILES string of the molecule is C=CCCC1CCC(c2ccc3c(F)c(C#Cc4ccc(CCCCCCC)cc4)ccc3c2)CC1. The first-order chi connectivity index (χ1) is 17.7. The molecule has 0 nitrogen and oxygen atoms in total. The lowest BCUT2D eigenvalue weighted by atomic mass is 9.77. The summed E-state index contributed by atoms with van der Waals surface area (Å²) >= 11 is 0. The number of rotatable bonds is 10. The van der Waals surface area contributed by atoms with Gasteiger partial charge in [-0.15, -0.1) is 6.58 Å². The molecule has 1 aliphatic carbocycles. The van der Waals surface area contributed by atoms with Crippen LogP contribution in [-0.4, -0.2) is 0 Å². The summed E-state index contributed by atoms with van der Waals surface area (Å²) in [4.78, 5) is 0. The third-order valence-electron chi connectivity index (χ3n) is 7.94. The van der Waals surface area contributed by atoms with Crippen LogP contribution in [0.5, 0.6) is 0 Å². The molecule has 0 saturated heterocycles. The number of hydrogen-bond acceptors (Lipinski definition) is 0. The van der Waals surface area contributed by atoms with Gasteiger partial charge in [-0.3, -0.25) is 0 Å². The summed E-state index contributed by atoms with van der Waals surface area (Å²) in [5, 5.41) is 1.65. The molecule has 0 atom stereocenters. The van der Waals surface area contributed by atoms with Crippen molar-refractivity contribution < 1.29 is 4.39 Å². The Bertz CT molecular complexity index is 1180. The van der Waals surface area contributed by atoms with Crippen molar-refractivity contribution >= 4 is 10.8 Å². The van der Waals surface area contributed by atoms with E-state index in [0.29, 0.717) is 16.9 Å². The maximum absolute atomic E-state index is 15.3. The van der Waals surface area contributed by atoms with Crippen molar-refractivity contribution in [1.29, 1.82) is 0 Å². The molecule has 1 saturated carbocycles. The molecule has 1 heteroatoms. The first-order valence-electron chi connectivity index (χ1n) is 14.1. The van der Waals surface area contributed by atoms with E-state index in [1.807, 2.05) is 24.3 Å². The number of hydrogen-bond donors (Lipinski definition) is 0. The third-order valence-corrected chi connectivity index (χ3v) is 7.94. The Morgan fingerprint density at radius 3 is 2.42 bits per heavy atom. The minimum Gasteiger partial charge on any atom is -0.205 e. The third kappa shape index (κ3) is 7.10. The maximum Gasteiger partial charge on any atom is 0.146 e. The molecule has 0 amide bonds. The van der Waals surface area contributed by atoms with E-state index in [4.69, 9.17) is 0 Å². The van der Waals surface area contributed by atoms with E-state index in [9.17, 15) is 0 Å². The maximum atomic E-state index is 15.3. The number of halogens is 1. The van der Waals surface area contributed by atoms with Crippen LogP contribution in [0.25, 0.3) is 10.8 Å². The summed E-state index contributed by atoms with van der Waals surface area (Å²) in [6.07, 6.45) is 17.1. The van der Waals surface area contributed by atoms with Crippen LogP contribution in [0.3, 0.4) is 0 Å². The number of allylic oxidation sites excluding steroid dienone is 1. The minimum atomic E-state index is -0.205. The predicted molar refractivity (Wildman–Crippen MR) is 153 cm³/mol. The molecule has 0 N–H and O–H groups in total. The Hall–Kier alpha value is -2.85. The van der Waals surface area contributed by atoms with Gasteiger partial charge in [0, 0.05) is 10.9 Å². The summed E-state index contributed by atoms with van der Waals surface area (Å²) < 4.78 is 15.3. The smallest absolute Gasteiger partial charge is 0.146 e. The lowest BCUT2D eigenvalue weighted by molar-refractivity contribution is 0.312. The monoisotopic (exact) mass is 480 g/mol. The molecule has 188 valence electrons. The molecule has 0 aromatic heterocycles. The molecule has 0 spiro atoms. The average Bonchev–Trinajstić information content (AvgIpc) is 2.92. The van der Waals surface area contributed by atoms with Crippen molar-refractivity contribution in [2.75, 3.05) is 0 Å². The average molecular weight is 481 g/mol. The summed E-state index contributed by atoms with van der Waals surface area (Å²) in [7, 11) is 0. The molecule has 1 fully saturated rings. The lowest BCUT2D eigenvalue weighted by Gasteiger charge is -2.28. The Balaban J connectivity index is 1.39. The molecule has 3 aromatic carbocycles. The fourth-order valence-corrected chi connectivity index (χ4v) is 5.63. The van der Waals surface area contributed by atoms with Gasteiger partial charge in [-0.1, -0.05) is 86.9 Å². The van der Waals surface area contributed by atoms with Gasteiger partial charge in [0.25, 0.3) is 0 Å². The zero-order chi connectivity index (χ0) is 25.2. The molecule has 0 aliphatic heterocycles. The van der Waals surface area contributed by atoms with Crippen LogP contribution in [0.2, 0.25) is 0 Å². The van der Waals surface area contributed by atoms with E-state index in [1.54, 1.807) is 0 Å². The first kappa shape index (κ1) is 26.2. The van der Waals surface area contributed by atoms with Crippen LogP contribution >= 0.6 is 0 Å². The Morgan fingerprint density at radius 1 is 0.889 bits per heavy atom. The van der Waals surface area contributed by atoms with Crippen LogP contribution in [0.15, 0.2) is 67.3 Å². The van der Waals surface area contributed by atoms with Crippen LogP contribution in [0.4, 0.5) is 4.39 Å². The molecular weight excluding hydrogens is 439 g/mol. The van der Waals surface area contributed by atoms with Crippen LogP contribution < -0.4 is 0 Å². The normalized spacial score (nSPS) is 17.5. The van der Waals surface area contributed by atoms with Gasteiger partial charge in [-0.05, 0) is 97.9 Å². The van der Waals surface area contributed by atoms with Gasteiger partial charge < -0.3 is 0 Å². The standard InChI is InChI=1S/C35H41F/c1-3-5-7-8-9-11-28-12-14-29(15-13-28)18-21-31-22-23-33-26-32(24-25-34(33)35(31)36)30-19-16-27(17-20-30)10-6-4-2/h4,12-15,22-27,30H,2-3,5-11,16-17,19-20H2,1H3. The van der Waals surface area contributed by atoms with Crippen molar-refractivity contribution in [3.8, 4) is 11.8 Å². The largest absolute Gasteiger partial charge is 0.205 e. The molecule has 1 aliphatic rings. The zero-order valence-electron chi connectivity index (χ0n) is 22.0. The topological polar surface area (TPSA) is 0 Å². The van der Waals surface area contributed by atoms with Crippen LogP contribution in [-0.2, 0) is 6.42 Å². The highest BCUT2D eigenvalue weighted by Crippen LogP contribution is 2.38. The van der Waals surface area contributed by atoms with Gasteiger partial charge in [-0.2, -0.15) is 0 Å². The Labute approximate surface area is 218 Å². The molecule has 36 heavy (non-hydrogen) atoms. The van der Waals surface area contributed by atoms with Crippen LogP contribution in [0.1, 0.15) is 106 Å². The highest BCUT2D eigenvalue weighted by molar-refractivity contribution is 5.85. The van der Waals surface area contributed by atoms with Crippen molar-refractivity contribution in [2.24, 2.45) is 5.92 Å². The second-order valence-corrected chi connectivity index (χ2v) is 10.6. The van der Waals surface area contributed by atoms with E-state index >= 15 is 4.39 Å². The van der Waals surface area contributed by atoms with Gasteiger partial charge in [-0.25, -0.2) is 4.39 Å². The van der Waals surface area contributed by atoms with E-state index in [0.717, 1.165) is 29.7 Å². The summed E-state index contributed by atoms with van der Waals surface area (Å²) in [5.41, 5.74) is 4.12. The van der Waals surface area contributed by atoms with Gasteiger partial charge >= 0.3 is 0 Å². The predicted octanol–water partition coefficient (Wildman–Crippen LogP) is 10.1. The molecule has 0 bridgehead atoms. The fourth-order valence-electron chi connectivity index (χ4n) is 5.63. The Kier molecular flexibility index (Phi) is 9.80. The van der Waals surface area contributed by atoms with Crippen molar-refractivity contribution in [3.63, 3.8) is 0 Å². The van der Waals surface area contributed by atoms with Crippen LogP contribution in [0, 0.1) is 23.6 Å². The summed E-state index contributed by atoms with van der Waals surface area (Å²) in [5.74, 6) is 7.46. The highest BCUT2D eigenvalue weighted by Gasteiger charge is 2.22. The van der Waals surface area contributed by atoms with E-state index in [-0.39, 0.29) is 5.82 Å². The lowest BCUT2D eigenvalue weighted by Crippen LogP contribution is -2.13. The second kappa shape index (κ2) is 13.5. The molecule has 0 heterocycles. The summed E-state index contributed by atoms with van der Waals surface area (Å²) in [6, 6.07) is 18.6. The van der Waals surface area contributed by atoms with Crippen molar-refractivity contribution in [2.45, 2.75) is 89.9 Å². The molecule has 0 radical (unpaired) electrons. The Morgan fingerprint density at radius 2 is 1.67 bits per heavy atom. The number of fused-ring (bicyclic) bond motifs is 1. The van der Waals surface area contributed by atoms with Gasteiger partial charge in [0.05, 0.1) is 5.56 Å².